The van der Waals surface area contributed by atoms with E-state index < -0.39 is 10.8 Å². The number of anilines is 3. The van der Waals surface area contributed by atoms with E-state index in [0.29, 0.717) is 47.8 Å². The number of aromatic nitrogens is 1. The van der Waals surface area contributed by atoms with Crippen molar-refractivity contribution in [3.63, 3.8) is 0 Å². The van der Waals surface area contributed by atoms with Crippen LogP contribution in [0.4, 0.5) is 22.2 Å². The fourth-order valence-corrected chi connectivity index (χ4v) is 5.06. The van der Waals surface area contributed by atoms with Crippen molar-refractivity contribution in [2.45, 2.75) is 0 Å². The number of nitro groups is 1. The van der Waals surface area contributed by atoms with E-state index >= 15 is 0 Å². The number of benzene rings is 3. The minimum Gasteiger partial charge on any atom is -0.378 e. The summed E-state index contributed by atoms with van der Waals surface area (Å²) in [7, 11) is 0. The summed E-state index contributed by atoms with van der Waals surface area (Å²) in [5.41, 5.74) is 1.96. The topological polar surface area (TPSA) is 88.8 Å². The maximum absolute atomic E-state index is 14.1. The highest BCUT2D eigenvalue weighted by atomic mass is 35.5. The number of halogens is 1. The summed E-state index contributed by atoms with van der Waals surface area (Å²) in [4.78, 5) is 33.4. The van der Waals surface area contributed by atoms with Crippen molar-refractivity contribution < 1.29 is 14.5 Å². The molecule has 1 aliphatic heterocycles. The minimum absolute atomic E-state index is 0.157. The summed E-state index contributed by atoms with van der Waals surface area (Å²) in [6.07, 6.45) is 0. The van der Waals surface area contributed by atoms with Crippen LogP contribution < -0.4 is 9.80 Å². The summed E-state index contributed by atoms with van der Waals surface area (Å²) in [6.45, 7) is 2.19. The number of hydrogen-bond donors (Lipinski definition) is 0. The van der Waals surface area contributed by atoms with Gasteiger partial charge in [0.25, 0.3) is 11.6 Å². The van der Waals surface area contributed by atoms with E-state index in [1.165, 1.54) is 28.4 Å². The predicted octanol–water partition coefficient (Wildman–Crippen LogP) is 5.67. The smallest absolute Gasteiger partial charge is 0.270 e. The SMILES string of the molecule is O=C(c1cc([N+](=O)[O-])ccc1N1CCOCC1)N(c1cccc(Cl)c1)c1nc2ccccc2s1. The number of hydrogen-bond acceptors (Lipinski definition) is 7. The first-order valence-electron chi connectivity index (χ1n) is 10.6. The molecule has 8 nitrogen and oxygen atoms in total. The van der Waals surface area contributed by atoms with Crippen LogP contribution in [0.3, 0.4) is 0 Å². The Morgan fingerprint density at radius 3 is 2.62 bits per heavy atom. The van der Waals surface area contributed by atoms with E-state index in [0.717, 1.165) is 10.2 Å². The van der Waals surface area contributed by atoms with Gasteiger partial charge >= 0.3 is 0 Å². The summed E-state index contributed by atoms with van der Waals surface area (Å²) in [6, 6.07) is 18.9. The van der Waals surface area contributed by atoms with Gasteiger partial charge in [0, 0.05) is 30.2 Å². The lowest BCUT2D eigenvalue weighted by atomic mass is 10.1. The maximum atomic E-state index is 14.1. The quantitative estimate of drug-likeness (QED) is 0.262. The van der Waals surface area contributed by atoms with Gasteiger partial charge < -0.3 is 9.64 Å². The van der Waals surface area contributed by atoms with Gasteiger partial charge in [0.15, 0.2) is 5.13 Å². The van der Waals surface area contributed by atoms with E-state index in [1.807, 2.05) is 29.2 Å². The van der Waals surface area contributed by atoms with E-state index in [4.69, 9.17) is 16.3 Å². The molecule has 0 bridgehead atoms. The molecule has 34 heavy (non-hydrogen) atoms. The Kier molecular flexibility index (Phi) is 6.14. The van der Waals surface area contributed by atoms with Gasteiger partial charge in [-0.2, -0.15) is 0 Å². The number of nitrogens with zero attached hydrogens (tertiary/aromatic N) is 4. The Hall–Kier alpha value is -3.53. The molecule has 5 rings (SSSR count). The van der Waals surface area contributed by atoms with Crippen LogP contribution in [0.15, 0.2) is 66.7 Å². The number of carbonyl (C=O) groups excluding carboxylic acids is 1. The molecule has 10 heteroatoms. The van der Waals surface area contributed by atoms with Crippen LogP contribution in [-0.2, 0) is 4.74 Å². The average Bonchev–Trinajstić information content (AvgIpc) is 3.28. The van der Waals surface area contributed by atoms with E-state index in [2.05, 4.69) is 4.98 Å². The zero-order chi connectivity index (χ0) is 23.7. The Labute approximate surface area is 204 Å². The molecular formula is C24H19ClN4O4S. The Bertz CT molecular complexity index is 1350. The van der Waals surface area contributed by atoms with Crippen LogP contribution in [-0.4, -0.2) is 42.1 Å². The molecule has 0 unspecified atom stereocenters. The van der Waals surface area contributed by atoms with Gasteiger partial charge in [-0.1, -0.05) is 41.1 Å². The number of thiazole rings is 1. The molecule has 3 aromatic carbocycles. The summed E-state index contributed by atoms with van der Waals surface area (Å²) in [5.74, 6) is -0.425. The summed E-state index contributed by atoms with van der Waals surface area (Å²) >= 11 is 7.62. The van der Waals surface area contributed by atoms with Crippen LogP contribution >= 0.6 is 22.9 Å². The average molecular weight is 495 g/mol. The third-order valence-electron chi connectivity index (χ3n) is 5.52. The molecule has 1 amide bonds. The monoisotopic (exact) mass is 494 g/mol. The number of nitro benzene ring substituents is 1. The first kappa shape index (κ1) is 22.3. The lowest BCUT2D eigenvalue weighted by Crippen LogP contribution is -2.38. The number of para-hydroxylation sites is 1. The van der Waals surface area contributed by atoms with Crippen LogP contribution in [0.2, 0.25) is 5.02 Å². The molecular weight excluding hydrogens is 476 g/mol. The molecule has 1 saturated heterocycles. The largest absolute Gasteiger partial charge is 0.378 e. The van der Waals surface area contributed by atoms with Crippen molar-refractivity contribution in [3.05, 3.63) is 87.4 Å². The van der Waals surface area contributed by atoms with Crippen molar-refractivity contribution in [2.24, 2.45) is 0 Å². The first-order chi connectivity index (χ1) is 16.5. The van der Waals surface area contributed by atoms with Gasteiger partial charge in [0.2, 0.25) is 0 Å². The number of rotatable bonds is 5. The van der Waals surface area contributed by atoms with Crippen molar-refractivity contribution in [1.82, 2.24) is 4.98 Å². The van der Waals surface area contributed by atoms with Gasteiger partial charge in [0.05, 0.1) is 45.3 Å². The maximum Gasteiger partial charge on any atom is 0.270 e. The van der Waals surface area contributed by atoms with E-state index in [9.17, 15) is 14.9 Å². The highest BCUT2D eigenvalue weighted by Crippen LogP contribution is 2.37. The second kappa shape index (κ2) is 9.38. The van der Waals surface area contributed by atoms with Crippen LogP contribution in [0.25, 0.3) is 10.2 Å². The molecule has 0 radical (unpaired) electrons. The second-order valence-corrected chi connectivity index (χ2v) is 9.09. The van der Waals surface area contributed by atoms with Crippen molar-refractivity contribution >= 4 is 61.3 Å². The lowest BCUT2D eigenvalue weighted by molar-refractivity contribution is -0.384. The van der Waals surface area contributed by atoms with Crippen molar-refractivity contribution in [3.8, 4) is 0 Å². The summed E-state index contributed by atoms with van der Waals surface area (Å²) in [5, 5.41) is 12.5. The summed E-state index contributed by atoms with van der Waals surface area (Å²) < 4.78 is 6.37. The van der Waals surface area contributed by atoms with Crippen LogP contribution in [0.5, 0.6) is 0 Å². The van der Waals surface area contributed by atoms with Gasteiger partial charge in [-0.3, -0.25) is 19.8 Å². The van der Waals surface area contributed by atoms with Gasteiger partial charge in [-0.05, 0) is 36.4 Å². The lowest BCUT2D eigenvalue weighted by Gasteiger charge is -2.31. The van der Waals surface area contributed by atoms with Gasteiger partial charge in [0.1, 0.15) is 0 Å². The normalized spacial score (nSPS) is 13.7. The van der Waals surface area contributed by atoms with Crippen LogP contribution in [0.1, 0.15) is 10.4 Å². The standard InChI is InChI=1S/C24H19ClN4O4S/c25-16-4-3-5-17(14-16)28(24-26-20-6-1-2-7-22(20)34-24)23(30)19-15-18(29(31)32)8-9-21(19)27-10-12-33-13-11-27/h1-9,14-15H,10-13H2. The highest BCUT2D eigenvalue weighted by Gasteiger charge is 2.29. The molecule has 1 fully saturated rings. The molecule has 0 spiro atoms. The molecule has 1 aromatic heterocycles. The van der Waals surface area contributed by atoms with Gasteiger partial charge in [-0.25, -0.2) is 4.98 Å². The van der Waals surface area contributed by atoms with Crippen molar-refractivity contribution in [1.29, 1.82) is 0 Å². The molecule has 0 atom stereocenters. The molecule has 2 heterocycles. The third kappa shape index (κ3) is 4.33. The number of amides is 1. The second-order valence-electron chi connectivity index (χ2n) is 7.64. The molecule has 0 N–H and O–H groups in total. The minimum atomic E-state index is -0.499. The first-order valence-corrected chi connectivity index (χ1v) is 11.8. The van der Waals surface area contributed by atoms with E-state index in [1.54, 1.807) is 30.3 Å². The van der Waals surface area contributed by atoms with Crippen molar-refractivity contribution in [2.75, 3.05) is 36.1 Å². The molecule has 4 aromatic rings. The number of fused-ring (bicyclic) bond motifs is 1. The number of ether oxygens (including phenoxy) is 1. The van der Waals surface area contributed by atoms with Crippen LogP contribution in [0, 0.1) is 10.1 Å². The molecule has 1 aliphatic rings. The Morgan fingerprint density at radius 1 is 1.09 bits per heavy atom. The Morgan fingerprint density at radius 2 is 1.88 bits per heavy atom. The van der Waals surface area contributed by atoms with Gasteiger partial charge in [-0.15, -0.1) is 0 Å². The number of non-ortho nitro benzene ring substituents is 1. The highest BCUT2D eigenvalue weighted by molar-refractivity contribution is 7.22. The number of morpholine rings is 1. The number of carbonyl (C=O) groups is 1. The zero-order valence-corrected chi connectivity index (χ0v) is 19.5. The fraction of sp³-hybridized carbons (Fsp3) is 0.167. The fourth-order valence-electron chi connectivity index (χ4n) is 3.89. The molecule has 172 valence electrons. The zero-order valence-electron chi connectivity index (χ0n) is 17.9. The third-order valence-corrected chi connectivity index (χ3v) is 6.77. The molecule has 0 aliphatic carbocycles. The molecule has 0 saturated carbocycles. The van der Waals surface area contributed by atoms with E-state index in [-0.39, 0.29) is 11.3 Å². The Balaban J connectivity index is 1.68. The predicted molar refractivity (Wildman–Crippen MR) is 134 cm³/mol.